The van der Waals surface area contributed by atoms with Crippen LogP contribution in [0.15, 0.2) is 66.7 Å². The molecule has 1 fully saturated rings. The predicted molar refractivity (Wildman–Crippen MR) is 132 cm³/mol. The Labute approximate surface area is 189 Å². The molecule has 0 unspecified atom stereocenters. The number of benzene rings is 3. The van der Waals surface area contributed by atoms with Gasteiger partial charge >= 0.3 is 0 Å². The van der Waals surface area contributed by atoms with Crippen LogP contribution in [0.2, 0.25) is 0 Å². The normalized spacial score (nSPS) is 14.1. The van der Waals surface area contributed by atoms with E-state index in [4.69, 9.17) is 14.9 Å². The van der Waals surface area contributed by atoms with Crippen molar-refractivity contribution in [3.8, 4) is 17.0 Å². The van der Waals surface area contributed by atoms with Crippen molar-refractivity contribution in [3.05, 3.63) is 77.9 Å². The molecule has 1 aliphatic heterocycles. The summed E-state index contributed by atoms with van der Waals surface area (Å²) in [5, 5.41) is 11.7. The van der Waals surface area contributed by atoms with Gasteiger partial charge in [-0.05, 0) is 43.2 Å². The number of methoxy groups -OCH3 is 1. The van der Waals surface area contributed by atoms with Gasteiger partial charge in [0.25, 0.3) is 0 Å². The number of anilines is 2. The lowest BCUT2D eigenvalue weighted by Crippen LogP contribution is -2.47. The summed E-state index contributed by atoms with van der Waals surface area (Å²) in [6.45, 7) is 7.88. The highest BCUT2D eigenvalue weighted by molar-refractivity contribution is 6.00. The van der Waals surface area contributed by atoms with Gasteiger partial charge in [-0.2, -0.15) is 0 Å². The number of aromatic nitrogens is 2. The molecule has 0 bridgehead atoms. The lowest BCUT2D eigenvalue weighted by molar-refractivity contribution is 0.413. The molecule has 5 heteroatoms. The first-order valence-electron chi connectivity index (χ1n) is 11.1. The lowest BCUT2D eigenvalue weighted by Gasteiger charge is -2.37. The van der Waals surface area contributed by atoms with Crippen LogP contribution in [-0.4, -0.2) is 43.5 Å². The average molecular weight is 425 g/mol. The molecule has 4 aromatic rings. The van der Waals surface area contributed by atoms with E-state index in [-0.39, 0.29) is 0 Å². The van der Waals surface area contributed by atoms with Gasteiger partial charge in [-0.3, -0.25) is 0 Å². The predicted octanol–water partition coefficient (Wildman–Crippen LogP) is 5.25. The Balaban J connectivity index is 1.45. The molecular formula is C27H28N4O. The molecule has 0 spiro atoms. The summed E-state index contributed by atoms with van der Waals surface area (Å²) in [4.78, 5) is 4.74. The molecule has 0 radical (unpaired) electrons. The standard InChI is InChI=1S/C27H28N4O/c1-19-12-13-21(18-20(19)2)26-22-8-4-5-9-23(22)27(29-28-26)31-16-14-30(15-17-31)24-10-6-7-11-25(24)32-3/h4-13,18H,14-17H2,1-3H3. The van der Waals surface area contributed by atoms with Gasteiger partial charge in [0.15, 0.2) is 5.82 Å². The van der Waals surface area contributed by atoms with Gasteiger partial charge in [0.2, 0.25) is 0 Å². The molecule has 32 heavy (non-hydrogen) atoms. The summed E-state index contributed by atoms with van der Waals surface area (Å²) < 4.78 is 5.56. The molecule has 0 atom stereocenters. The molecule has 5 rings (SSSR count). The third kappa shape index (κ3) is 3.64. The number of piperazine rings is 1. The van der Waals surface area contributed by atoms with Crippen LogP contribution in [0.3, 0.4) is 0 Å². The maximum atomic E-state index is 5.56. The smallest absolute Gasteiger partial charge is 0.159 e. The SMILES string of the molecule is COc1ccccc1N1CCN(c2nnc(-c3ccc(C)c(C)c3)c3ccccc23)CC1. The highest BCUT2D eigenvalue weighted by atomic mass is 16.5. The van der Waals surface area contributed by atoms with Crippen molar-refractivity contribution in [3.63, 3.8) is 0 Å². The summed E-state index contributed by atoms with van der Waals surface area (Å²) in [5.41, 5.74) is 5.76. The average Bonchev–Trinajstić information content (AvgIpc) is 2.85. The number of rotatable bonds is 4. The van der Waals surface area contributed by atoms with E-state index in [1.54, 1.807) is 7.11 Å². The van der Waals surface area contributed by atoms with E-state index in [2.05, 4.69) is 78.2 Å². The van der Waals surface area contributed by atoms with Crippen molar-refractivity contribution < 1.29 is 4.74 Å². The Bertz CT molecular complexity index is 1260. The van der Waals surface area contributed by atoms with E-state index in [0.29, 0.717) is 0 Å². The summed E-state index contributed by atoms with van der Waals surface area (Å²) in [7, 11) is 1.73. The van der Waals surface area contributed by atoms with E-state index in [1.807, 2.05) is 12.1 Å². The van der Waals surface area contributed by atoms with Gasteiger partial charge < -0.3 is 14.5 Å². The van der Waals surface area contributed by atoms with E-state index in [9.17, 15) is 0 Å². The van der Waals surface area contributed by atoms with Crippen molar-refractivity contribution >= 4 is 22.3 Å². The second kappa shape index (κ2) is 8.50. The van der Waals surface area contributed by atoms with Crippen molar-refractivity contribution in [2.75, 3.05) is 43.1 Å². The maximum Gasteiger partial charge on any atom is 0.159 e. The molecule has 5 nitrogen and oxygen atoms in total. The quantitative estimate of drug-likeness (QED) is 0.448. The molecular weight excluding hydrogens is 396 g/mol. The van der Waals surface area contributed by atoms with E-state index in [1.165, 1.54) is 11.1 Å². The third-order valence-electron chi connectivity index (χ3n) is 6.45. The van der Waals surface area contributed by atoms with Gasteiger partial charge in [0.1, 0.15) is 11.4 Å². The zero-order valence-electron chi connectivity index (χ0n) is 18.9. The van der Waals surface area contributed by atoms with Crippen LogP contribution in [0.25, 0.3) is 22.0 Å². The minimum atomic E-state index is 0.889. The van der Waals surface area contributed by atoms with Crippen LogP contribution in [0, 0.1) is 13.8 Å². The van der Waals surface area contributed by atoms with Crippen molar-refractivity contribution in [2.45, 2.75) is 13.8 Å². The van der Waals surface area contributed by atoms with Crippen LogP contribution >= 0.6 is 0 Å². The summed E-state index contributed by atoms with van der Waals surface area (Å²) in [6, 6.07) is 23.2. The van der Waals surface area contributed by atoms with E-state index >= 15 is 0 Å². The van der Waals surface area contributed by atoms with Crippen LogP contribution in [0.5, 0.6) is 5.75 Å². The van der Waals surface area contributed by atoms with Crippen molar-refractivity contribution in [2.24, 2.45) is 0 Å². The third-order valence-corrected chi connectivity index (χ3v) is 6.45. The number of hydrogen-bond donors (Lipinski definition) is 0. The second-order valence-corrected chi connectivity index (χ2v) is 8.36. The van der Waals surface area contributed by atoms with Crippen LogP contribution in [0.4, 0.5) is 11.5 Å². The molecule has 162 valence electrons. The molecule has 0 amide bonds. The molecule has 1 aliphatic rings. The molecule has 1 saturated heterocycles. The Hall–Kier alpha value is -3.60. The Morgan fingerprint density at radius 1 is 0.719 bits per heavy atom. The van der Waals surface area contributed by atoms with Crippen LogP contribution in [-0.2, 0) is 0 Å². The highest BCUT2D eigenvalue weighted by Crippen LogP contribution is 2.34. The first-order chi connectivity index (χ1) is 15.7. The second-order valence-electron chi connectivity index (χ2n) is 8.36. The monoisotopic (exact) mass is 424 g/mol. The zero-order chi connectivity index (χ0) is 22.1. The first kappa shape index (κ1) is 20.3. The van der Waals surface area contributed by atoms with Gasteiger partial charge in [0, 0.05) is 42.5 Å². The number of ether oxygens (including phenoxy) is 1. The van der Waals surface area contributed by atoms with Crippen molar-refractivity contribution in [1.82, 2.24) is 10.2 Å². The van der Waals surface area contributed by atoms with E-state index in [0.717, 1.165) is 65.5 Å². The molecule has 0 saturated carbocycles. The minimum Gasteiger partial charge on any atom is -0.495 e. The van der Waals surface area contributed by atoms with E-state index < -0.39 is 0 Å². The molecule has 0 N–H and O–H groups in total. The van der Waals surface area contributed by atoms with Gasteiger partial charge in [-0.25, -0.2) is 0 Å². The summed E-state index contributed by atoms with van der Waals surface area (Å²) in [6.07, 6.45) is 0. The molecule has 2 heterocycles. The Morgan fingerprint density at radius 2 is 1.41 bits per heavy atom. The number of para-hydroxylation sites is 2. The first-order valence-corrected chi connectivity index (χ1v) is 11.1. The van der Waals surface area contributed by atoms with Gasteiger partial charge in [0.05, 0.1) is 12.8 Å². The highest BCUT2D eigenvalue weighted by Gasteiger charge is 2.23. The largest absolute Gasteiger partial charge is 0.495 e. The number of nitrogens with zero attached hydrogens (tertiary/aromatic N) is 4. The van der Waals surface area contributed by atoms with Crippen LogP contribution < -0.4 is 14.5 Å². The Morgan fingerprint density at radius 3 is 2.16 bits per heavy atom. The lowest BCUT2D eigenvalue weighted by atomic mass is 10.0. The minimum absolute atomic E-state index is 0.889. The Kier molecular flexibility index (Phi) is 5.39. The maximum absolute atomic E-state index is 5.56. The fourth-order valence-electron chi connectivity index (χ4n) is 4.48. The van der Waals surface area contributed by atoms with Crippen molar-refractivity contribution in [1.29, 1.82) is 0 Å². The fraction of sp³-hybridized carbons (Fsp3) is 0.259. The topological polar surface area (TPSA) is 41.5 Å². The zero-order valence-corrected chi connectivity index (χ0v) is 18.9. The number of fused-ring (bicyclic) bond motifs is 1. The van der Waals surface area contributed by atoms with Gasteiger partial charge in [-0.15, -0.1) is 10.2 Å². The van der Waals surface area contributed by atoms with Crippen LogP contribution in [0.1, 0.15) is 11.1 Å². The summed E-state index contributed by atoms with van der Waals surface area (Å²) >= 11 is 0. The molecule has 1 aromatic heterocycles. The fourth-order valence-corrected chi connectivity index (χ4v) is 4.48. The number of hydrogen-bond acceptors (Lipinski definition) is 5. The summed E-state index contributed by atoms with van der Waals surface area (Å²) in [5.74, 6) is 1.89. The van der Waals surface area contributed by atoms with Gasteiger partial charge in [-0.1, -0.05) is 48.5 Å². The molecule has 3 aromatic carbocycles. The molecule has 0 aliphatic carbocycles. The number of aryl methyl sites for hydroxylation is 2.